The number of carboxylic acids is 1. The SMILES string of the molecule is CC(C)[C@H](NC(=O)COCC1CC1)C(=O)O. The predicted octanol–water partition coefficient (Wildman–Crippen LogP) is 0.638. The maximum absolute atomic E-state index is 11.4. The van der Waals surface area contributed by atoms with E-state index in [0.29, 0.717) is 12.5 Å². The molecule has 0 aromatic heterocycles. The summed E-state index contributed by atoms with van der Waals surface area (Å²) in [7, 11) is 0. The lowest BCUT2D eigenvalue weighted by Gasteiger charge is -2.17. The van der Waals surface area contributed by atoms with Crippen molar-refractivity contribution in [2.75, 3.05) is 13.2 Å². The summed E-state index contributed by atoms with van der Waals surface area (Å²) in [5, 5.41) is 11.3. The molecular weight excluding hydrogens is 210 g/mol. The van der Waals surface area contributed by atoms with Crippen LogP contribution in [0.2, 0.25) is 0 Å². The normalized spacial score (nSPS) is 17.2. The van der Waals surface area contributed by atoms with Gasteiger partial charge in [0.2, 0.25) is 5.91 Å². The Kier molecular flexibility index (Phi) is 4.73. The molecule has 16 heavy (non-hydrogen) atoms. The molecule has 0 bridgehead atoms. The molecule has 0 spiro atoms. The van der Waals surface area contributed by atoms with Crippen molar-refractivity contribution >= 4 is 11.9 Å². The van der Waals surface area contributed by atoms with E-state index in [1.807, 2.05) is 0 Å². The molecule has 2 N–H and O–H groups in total. The molecule has 1 atom stereocenters. The minimum Gasteiger partial charge on any atom is -0.480 e. The first-order valence-corrected chi connectivity index (χ1v) is 5.60. The number of hydrogen-bond acceptors (Lipinski definition) is 3. The van der Waals surface area contributed by atoms with Crippen LogP contribution in [0.3, 0.4) is 0 Å². The number of carbonyl (C=O) groups is 2. The van der Waals surface area contributed by atoms with Gasteiger partial charge in [-0.25, -0.2) is 4.79 Å². The van der Waals surface area contributed by atoms with Gasteiger partial charge in [-0.1, -0.05) is 13.8 Å². The van der Waals surface area contributed by atoms with Crippen molar-refractivity contribution in [1.82, 2.24) is 5.32 Å². The molecule has 0 aromatic carbocycles. The molecule has 0 unspecified atom stereocenters. The Balaban J connectivity index is 2.21. The smallest absolute Gasteiger partial charge is 0.326 e. The van der Waals surface area contributed by atoms with Crippen LogP contribution in [0, 0.1) is 11.8 Å². The fourth-order valence-electron chi connectivity index (χ4n) is 1.33. The minimum atomic E-state index is -1.01. The third-order valence-corrected chi connectivity index (χ3v) is 2.53. The average molecular weight is 229 g/mol. The highest BCUT2D eigenvalue weighted by atomic mass is 16.5. The van der Waals surface area contributed by atoms with Crippen LogP contribution in [-0.4, -0.2) is 36.2 Å². The zero-order chi connectivity index (χ0) is 12.1. The Bertz CT molecular complexity index is 261. The summed E-state index contributed by atoms with van der Waals surface area (Å²) in [4.78, 5) is 22.2. The van der Waals surface area contributed by atoms with Crippen LogP contribution in [0.25, 0.3) is 0 Å². The largest absolute Gasteiger partial charge is 0.480 e. The maximum Gasteiger partial charge on any atom is 0.326 e. The summed E-state index contributed by atoms with van der Waals surface area (Å²) in [6.07, 6.45) is 2.34. The molecular formula is C11H19NO4. The Hall–Kier alpha value is -1.10. The van der Waals surface area contributed by atoms with Gasteiger partial charge in [-0.3, -0.25) is 4.79 Å². The van der Waals surface area contributed by atoms with Gasteiger partial charge in [0, 0.05) is 0 Å². The number of hydrogen-bond donors (Lipinski definition) is 2. The number of carbonyl (C=O) groups excluding carboxylic acids is 1. The molecule has 1 aliphatic rings. The Morgan fingerprint density at radius 3 is 2.50 bits per heavy atom. The van der Waals surface area contributed by atoms with Gasteiger partial charge in [0.15, 0.2) is 0 Å². The highest BCUT2D eigenvalue weighted by molar-refractivity contribution is 5.84. The second-order valence-corrected chi connectivity index (χ2v) is 4.59. The van der Waals surface area contributed by atoms with Crippen molar-refractivity contribution in [2.45, 2.75) is 32.7 Å². The van der Waals surface area contributed by atoms with Gasteiger partial charge in [-0.05, 0) is 24.7 Å². The first-order chi connectivity index (χ1) is 7.50. The molecule has 1 rings (SSSR count). The van der Waals surface area contributed by atoms with Crippen LogP contribution in [0.5, 0.6) is 0 Å². The summed E-state index contributed by atoms with van der Waals surface area (Å²) in [5.41, 5.74) is 0. The van der Waals surface area contributed by atoms with Crippen molar-refractivity contribution in [3.63, 3.8) is 0 Å². The molecule has 1 fully saturated rings. The Morgan fingerprint density at radius 2 is 2.06 bits per heavy atom. The summed E-state index contributed by atoms with van der Waals surface area (Å²) >= 11 is 0. The molecule has 0 aromatic rings. The summed E-state index contributed by atoms with van der Waals surface area (Å²) in [5.74, 6) is -0.898. The number of nitrogens with one attached hydrogen (secondary N) is 1. The maximum atomic E-state index is 11.4. The van der Waals surface area contributed by atoms with Gasteiger partial charge in [-0.15, -0.1) is 0 Å². The van der Waals surface area contributed by atoms with E-state index in [9.17, 15) is 9.59 Å². The van der Waals surface area contributed by atoms with Crippen LogP contribution >= 0.6 is 0 Å². The summed E-state index contributed by atoms with van der Waals surface area (Å²) < 4.78 is 5.17. The molecule has 92 valence electrons. The number of rotatable bonds is 7. The standard InChI is InChI=1S/C11H19NO4/c1-7(2)10(11(14)15)12-9(13)6-16-5-8-3-4-8/h7-8,10H,3-6H2,1-2H3,(H,12,13)(H,14,15)/t10-/m0/s1. The highest BCUT2D eigenvalue weighted by Crippen LogP contribution is 2.28. The third-order valence-electron chi connectivity index (χ3n) is 2.53. The van der Waals surface area contributed by atoms with E-state index in [0.717, 1.165) is 0 Å². The van der Waals surface area contributed by atoms with Crippen molar-refractivity contribution in [3.8, 4) is 0 Å². The minimum absolute atomic E-state index is 0.0486. The molecule has 0 saturated heterocycles. The Morgan fingerprint density at radius 1 is 1.44 bits per heavy atom. The first-order valence-electron chi connectivity index (χ1n) is 5.60. The predicted molar refractivity (Wildman–Crippen MR) is 57.9 cm³/mol. The summed E-state index contributed by atoms with van der Waals surface area (Å²) in [6, 6.07) is -0.836. The molecule has 1 aliphatic carbocycles. The zero-order valence-electron chi connectivity index (χ0n) is 9.73. The first kappa shape index (κ1) is 13.0. The van der Waals surface area contributed by atoms with E-state index in [1.54, 1.807) is 13.8 Å². The topological polar surface area (TPSA) is 75.6 Å². The zero-order valence-corrected chi connectivity index (χ0v) is 9.73. The number of amides is 1. The molecule has 0 radical (unpaired) electrons. The van der Waals surface area contributed by atoms with E-state index in [1.165, 1.54) is 12.8 Å². The van der Waals surface area contributed by atoms with E-state index in [2.05, 4.69) is 5.32 Å². The van der Waals surface area contributed by atoms with E-state index in [4.69, 9.17) is 9.84 Å². The van der Waals surface area contributed by atoms with E-state index < -0.39 is 12.0 Å². The second kappa shape index (κ2) is 5.84. The molecule has 0 aliphatic heterocycles. The van der Waals surface area contributed by atoms with Crippen molar-refractivity contribution in [1.29, 1.82) is 0 Å². The quantitative estimate of drug-likeness (QED) is 0.671. The molecule has 1 saturated carbocycles. The van der Waals surface area contributed by atoms with E-state index >= 15 is 0 Å². The lowest BCUT2D eigenvalue weighted by Crippen LogP contribution is -2.45. The van der Waals surface area contributed by atoms with Crippen molar-refractivity contribution < 1.29 is 19.4 Å². The Labute approximate surface area is 95.2 Å². The summed E-state index contributed by atoms with van der Waals surface area (Å²) in [6.45, 7) is 4.06. The lowest BCUT2D eigenvalue weighted by atomic mass is 10.1. The van der Waals surface area contributed by atoms with Crippen molar-refractivity contribution in [2.24, 2.45) is 11.8 Å². The van der Waals surface area contributed by atoms with Gasteiger partial charge in [0.1, 0.15) is 12.6 Å². The highest BCUT2D eigenvalue weighted by Gasteiger charge is 2.24. The number of ether oxygens (including phenoxy) is 1. The van der Waals surface area contributed by atoms with Crippen LogP contribution < -0.4 is 5.32 Å². The van der Waals surface area contributed by atoms with Gasteiger partial charge in [-0.2, -0.15) is 0 Å². The van der Waals surface area contributed by atoms with Gasteiger partial charge in [0.25, 0.3) is 0 Å². The van der Waals surface area contributed by atoms with Gasteiger partial charge in [0.05, 0.1) is 6.61 Å². The fraction of sp³-hybridized carbons (Fsp3) is 0.818. The molecule has 0 heterocycles. The lowest BCUT2D eigenvalue weighted by molar-refractivity contribution is -0.143. The fourth-order valence-corrected chi connectivity index (χ4v) is 1.33. The number of carboxylic acid groups (broad SMARTS) is 1. The molecule has 5 nitrogen and oxygen atoms in total. The molecule has 1 amide bonds. The van der Waals surface area contributed by atoms with Crippen LogP contribution in [0.1, 0.15) is 26.7 Å². The number of aliphatic carboxylic acids is 1. The van der Waals surface area contributed by atoms with Crippen LogP contribution in [0.4, 0.5) is 0 Å². The van der Waals surface area contributed by atoms with Crippen LogP contribution in [-0.2, 0) is 14.3 Å². The van der Waals surface area contributed by atoms with Crippen LogP contribution in [0.15, 0.2) is 0 Å². The third kappa shape index (κ3) is 4.61. The van der Waals surface area contributed by atoms with Crippen molar-refractivity contribution in [3.05, 3.63) is 0 Å². The van der Waals surface area contributed by atoms with Gasteiger partial charge >= 0.3 is 5.97 Å². The molecule has 5 heteroatoms. The monoisotopic (exact) mass is 229 g/mol. The van der Waals surface area contributed by atoms with Gasteiger partial charge < -0.3 is 15.2 Å². The average Bonchev–Trinajstić information content (AvgIpc) is 2.97. The van der Waals surface area contributed by atoms with E-state index in [-0.39, 0.29) is 18.4 Å². The second-order valence-electron chi connectivity index (χ2n) is 4.59.